The minimum Gasteiger partial charge on any atom is -0.464 e. The van der Waals surface area contributed by atoms with Crippen molar-refractivity contribution in [3.63, 3.8) is 0 Å². The lowest BCUT2D eigenvalue weighted by Gasteiger charge is -2.22. The first-order valence-electron chi connectivity index (χ1n) is 7.40. The van der Waals surface area contributed by atoms with Gasteiger partial charge in [-0.25, -0.2) is 9.78 Å². The Morgan fingerprint density at radius 3 is 2.88 bits per heavy atom. The molecule has 0 aliphatic carbocycles. The lowest BCUT2D eigenvalue weighted by atomic mass is 9.95. The number of halogens is 3. The van der Waals surface area contributed by atoms with Crippen molar-refractivity contribution >= 4 is 16.9 Å². The number of methoxy groups -OCH3 is 1. The van der Waals surface area contributed by atoms with Crippen LogP contribution in [0.5, 0.6) is 0 Å². The maximum atomic E-state index is 13.7. The van der Waals surface area contributed by atoms with E-state index in [-0.39, 0.29) is 40.8 Å². The summed E-state index contributed by atoms with van der Waals surface area (Å²) in [6.45, 7) is 0.218. The smallest absolute Gasteiger partial charge is 0.417 e. The van der Waals surface area contributed by atoms with Gasteiger partial charge < -0.3 is 4.74 Å². The van der Waals surface area contributed by atoms with Crippen LogP contribution in [-0.2, 0) is 23.9 Å². The number of ether oxygens (including phenoxy) is 1. The molecule has 0 saturated heterocycles. The van der Waals surface area contributed by atoms with Crippen molar-refractivity contribution in [1.82, 2.24) is 19.7 Å². The molecule has 0 radical (unpaired) electrons. The maximum absolute atomic E-state index is 13.7. The molecule has 4 rings (SSSR count). The normalized spacial score (nSPS) is 13.4. The number of rotatable bonds is 1. The van der Waals surface area contributed by atoms with Crippen LogP contribution in [-0.4, -0.2) is 32.8 Å². The molecule has 25 heavy (non-hydrogen) atoms. The lowest BCUT2D eigenvalue weighted by molar-refractivity contribution is -0.137. The number of hydrogen-bond donors (Lipinski definition) is 0. The summed E-state index contributed by atoms with van der Waals surface area (Å²) in [5.74, 6) is -0.649. The van der Waals surface area contributed by atoms with Gasteiger partial charge in [-0.15, -0.1) is 0 Å². The zero-order chi connectivity index (χ0) is 17.8. The molecule has 128 valence electrons. The number of nitrogens with zero attached hydrogens (tertiary/aromatic N) is 4. The van der Waals surface area contributed by atoms with E-state index in [2.05, 4.69) is 19.8 Å². The summed E-state index contributed by atoms with van der Waals surface area (Å²) in [4.78, 5) is 19.9. The molecule has 0 bridgehead atoms. The van der Waals surface area contributed by atoms with Gasteiger partial charge in [0, 0.05) is 30.4 Å². The Balaban J connectivity index is 2.03. The number of alkyl halides is 3. The lowest BCUT2D eigenvalue weighted by Crippen LogP contribution is -2.19. The van der Waals surface area contributed by atoms with Crippen LogP contribution in [0.3, 0.4) is 0 Å². The summed E-state index contributed by atoms with van der Waals surface area (Å²) in [6.07, 6.45) is -1.86. The highest BCUT2D eigenvalue weighted by molar-refractivity contribution is 5.90. The fourth-order valence-electron chi connectivity index (χ4n) is 3.13. The molecule has 9 heteroatoms. The molecule has 0 N–H and O–H groups in total. The van der Waals surface area contributed by atoms with Crippen molar-refractivity contribution in [3.8, 4) is 11.4 Å². The standard InChI is InChI=1S/C16H11F3N4O2/c1-25-15(24)11-6-12-14-8(3-5-23(12)22-11)13(16(17,18)19)9-7-20-4-2-10(9)21-14/h2,4,6-7H,3,5H2,1H3. The van der Waals surface area contributed by atoms with Crippen LogP contribution in [0.25, 0.3) is 22.3 Å². The summed E-state index contributed by atoms with van der Waals surface area (Å²) in [6, 6.07) is 2.84. The Morgan fingerprint density at radius 1 is 1.36 bits per heavy atom. The van der Waals surface area contributed by atoms with Gasteiger partial charge in [-0.3, -0.25) is 9.67 Å². The predicted octanol–water partition coefficient (Wildman–Crippen LogP) is 2.85. The molecule has 1 aliphatic rings. The molecule has 1 aliphatic heterocycles. The molecule has 0 amide bonds. The van der Waals surface area contributed by atoms with E-state index in [0.717, 1.165) is 0 Å². The van der Waals surface area contributed by atoms with E-state index in [9.17, 15) is 18.0 Å². The van der Waals surface area contributed by atoms with E-state index in [1.54, 1.807) is 0 Å². The van der Waals surface area contributed by atoms with Crippen molar-refractivity contribution < 1.29 is 22.7 Å². The molecule has 6 nitrogen and oxygen atoms in total. The second-order valence-electron chi connectivity index (χ2n) is 5.58. The molecule has 0 saturated carbocycles. The van der Waals surface area contributed by atoms with Gasteiger partial charge in [0.15, 0.2) is 5.69 Å². The fraction of sp³-hybridized carbons (Fsp3) is 0.250. The predicted molar refractivity (Wildman–Crippen MR) is 80.8 cm³/mol. The Hall–Kier alpha value is -2.97. The first-order valence-corrected chi connectivity index (χ1v) is 7.40. The van der Waals surface area contributed by atoms with Crippen molar-refractivity contribution in [1.29, 1.82) is 0 Å². The van der Waals surface area contributed by atoms with Crippen LogP contribution in [0.2, 0.25) is 0 Å². The van der Waals surface area contributed by atoms with Crippen LogP contribution >= 0.6 is 0 Å². The third kappa shape index (κ3) is 2.34. The molecule has 0 fully saturated rings. The van der Waals surface area contributed by atoms with Gasteiger partial charge in [-0.1, -0.05) is 0 Å². The van der Waals surface area contributed by atoms with Crippen LogP contribution in [0.15, 0.2) is 24.5 Å². The monoisotopic (exact) mass is 348 g/mol. The molecule has 0 aromatic carbocycles. The van der Waals surface area contributed by atoms with Gasteiger partial charge in [0.1, 0.15) is 0 Å². The molecule has 3 aromatic heterocycles. The minimum atomic E-state index is -4.54. The van der Waals surface area contributed by atoms with Crippen LogP contribution in [0.4, 0.5) is 13.2 Å². The van der Waals surface area contributed by atoms with Crippen molar-refractivity contribution in [3.05, 3.63) is 41.3 Å². The van der Waals surface area contributed by atoms with Crippen LogP contribution in [0.1, 0.15) is 21.6 Å². The van der Waals surface area contributed by atoms with Gasteiger partial charge in [0.2, 0.25) is 0 Å². The number of aromatic nitrogens is 4. The third-order valence-corrected chi connectivity index (χ3v) is 4.16. The zero-order valence-electron chi connectivity index (χ0n) is 13.0. The SMILES string of the molecule is COC(=O)c1cc2n(n1)CCc1c-2nc2ccncc2c1C(F)(F)F. The molecule has 4 heterocycles. The van der Waals surface area contributed by atoms with Gasteiger partial charge in [0.05, 0.1) is 29.6 Å². The quantitative estimate of drug-likeness (QED) is 0.633. The van der Waals surface area contributed by atoms with Crippen LogP contribution < -0.4 is 0 Å². The van der Waals surface area contributed by atoms with E-state index in [0.29, 0.717) is 5.69 Å². The topological polar surface area (TPSA) is 69.9 Å². The van der Waals surface area contributed by atoms with Crippen molar-refractivity contribution in [2.75, 3.05) is 7.11 Å². The molecular formula is C16H11F3N4O2. The molecule has 0 spiro atoms. The Bertz CT molecular complexity index is 1010. The molecule has 3 aromatic rings. The van der Waals surface area contributed by atoms with Gasteiger partial charge in [0.25, 0.3) is 0 Å². The minimum absolute atomic E-state index is 0.0325. The van der Waals surface area contributed by atoms with Crippen molar-refractivity contribution in [2.45, 2.75) is 19.1 Å². The number of fused-ring (bicyclic) bond motifs is 4. The molecule has 0 atom stereocenters. The Kier molecular flexibility index (Phi) is 3.28. The van der Waals surface area contributed by atoms with E-state index in [1.165, 1.54) is 36.3 Å². The van der Waals surface area contributed by atoms with E-state index < -0.39 is 17.7 Å². The number of pyridine rings is 2. The summed E-state index contributed by atoms with van der Waals surface area (Å²) >= 11 is 0. The Morgan fingerprint density at radius 2 is 2.16 bits per heavy atom. The number of aryl methyl sites for hydroxylation is 1. The van der Waals surface area contributed by atoms with Gasteiger partial charge >= 0.3 is 12.1 Å². The number of carbonyl (C=O) groups is 1. The first-order chi connectivity index (χ1) is 11.9. The largest absolute Gasteiger partial charge is 0.464 e. The fourth-order valence-corrected chi connectivity index (χ4v) is 3.13. The highest BCUT2D eigenvalue weighted by atomic mass is 19.4. The van der Waals surface area contributed by atoms with Gasteiger partial charge in [-0.2, -0.15) is 18.3 Å². The number of carbonyl (C=O) groups excluding carboxylic acids is 1. The first kappa shape index (κ1) is 15.6. The highest BCUT2D eigenvalue weighted by Gasteiger charge is 2.39. The summed E-state index contributed by atoms with van der Waals surface area (Å²) in [7, 11) is 1.22. The molecular weight excluding hydrogens is 337 g/mol. The number of hydrogen-bond acceptors (Lipinski definition) is 5. The second-order valence-corrected chi connectivity index (χ2v) is 5.58. The maximum Gasteiger partial charge on any atom is 0.417 e. The third-order valence-electron chi connectivity index (χ3n) is 4.16. The van der Waals surface area contributed by atoms with Crippen LogP contribution in [0, 0.1) is 0 Å². The number of esters is 1. The average molecular weight is 348 g/mol. The zero-order valence-corrected chi connectivity index (χ0v) is 13.0. The summed E-state index contributed by atoms with van der Waals surface area (Å²) in [5, 5.41) is 4.07. The molecule has 0 unspecified atom stereocenters. The average Bonchev–Trinajstić information content (AvgIpc) is 3.02. The van der Waals surface area contributed by atoms with E-state index >= 15 is 0 Å². The van der Waals surface area contributed by atoms with E-state index in [4.69, 9.17) is 0 Å². The highest BCUT2D eigenvalue weighted by Crippen LogP contribution is 2.42. The van der Waals surface area contributed by atoms with Crippen molar-refractivity contribution in [2.24, 2.45) is 0 Å². The Labute approximate surface area is 139 Å². The second kappa shape index (κ2) is 5.27. The summed E-state index contributed by atoms with van der Waals surface area (Å²) < 4.78 is 47.3. The van der Waals surface area contributed by atoms with E-state index in [1.807, 2.05) is 0 Å². The van der Waals surface area contributed by atoms with Gasteiger partial charge in [-0.05, 0) is 18.1 Å². The summed E-state index contributed by atoms with van der Waals surface area (Å²) in [5.41, 5.74) is 0.140.